The van der Waals surface area contributed by atoms with Gasteiger partial charge in [0.25, 0.3) is 0 Å². The lowest BCUT2D eigenvalue weighted by atomic mass is 9.79. The van der Waals surface area contributed by atoms with Crippen molar-refractivity contribution < 1.29 is 18.6 Å². The highest BCUT2D eigenvalue weighted by Crippen LogP contribution is 2.32. The Morgan fingerprint density at radius 1 is 1.25 bits per heavy atom. The Morgan fingerprint density at radius 3 is 2.55 bits per heavy atom. The van der Waals surface area contributed by atoms with E-state index in [1.54, 1.807) is 12.1 Å². The molecular weight excluding hydrogens is 264 g/mol. The summed E-state index contributed by atoms with van der Waals surface area (Å²) in [7, 11) is 0. The molecule has 0 aromatic heterocycles. The molecule has 20 heavy (non-hydrogen) atoms. The fourth-order valence-electron chi connectivity index (χ4n) is 3.34. The highest BCUT2D eigenvalue weighted by Gasteiger charge is 2.41. The van der Waals surface area contributed by atoms with Crippen LogP contribution in [-0.2, 0) is 11.2 Å². The number of nitrogens with one attached hydrogen (secondary N) is 1. The van der Waals surface area contributed by atoms with Gasteiger partial charge >= 0.3 is 0 Å². The van der Waals surface area contributed by atoms with Gasteiger partial charge in [-0.15, -0.1) is 0 Å². The first-order valence-corrected chi connectivity index (χ1v) is 6.96. The van der Waals surface area contributed by atoms with E-state index in [2.05, 4.69) is 5.32 Å². The lowest BCUT2D eigenvalue weighted by Crippen LogP contribution is -2.60. The number of morpholine rings is 1. The van der Waals surface area contributed by atoms with Crippen LogP contribution in [0.4, 0.5) is 8.78 Å². The van der Waals surface area contributed by atoms with Gasteiger partial charge in [0, 0.05) is 18.5 Å². The predicted molar refractivity (Wildman–Crippen MR) is 70.5 cm³/mol. The fraction of sp³-hybridized carbons (Fsp3) is 0.600. The van der Waals surface area contributed by atoms with Crippen LogP contribution in [0, 0.1) is 18.6 Å². The van der Waals surface area contributed by atoms with Gasteiger partial charge < -0.3 is 15.2 Å². The van der Waals surface area contributed by atoms with Crippen LogP contribution in [-0.4, -0.2) is 36.0 Å². The Labute approximate surface area is 116 Å². The van der Waals surface area contributed by atoms with Gasteiger partial charge in [0.2, 0.25) is 0 Å². The Morgan fingerprint density at radius 2 is 1.90 bits per heavy atom. The van der Waals surface area contributed by atoms with Crippen LogP contribution in [0.15, 0.2) is 12.1 Å². The number of hydrogen-bond donors (Lipinski definition) is 2. The molecule has 0 saturated carbocycles. The summed E-state index contributed by atoms with van der Waals surface area (Å²) >= 11 is 0. The first-order chi connectivity index (χ1) is 9.47. The van der Waals surface area contributed by atoms with Crippen molar-refractivity contribution in [3.05, 3.63) is 34.9 Å². The van der Waals surface area contributed by atoms with Gasteiger partial charge in [0.1, 0.15) is 0 Å². The summed E-state index contributed by atoms with van der Waals surface area (Å²) in [6.07, 6.45) is 1.14. The zero-order valence-electron chi connectivity index (χ0n) is 11.5. The van der Waals surface area contributed by atoms with Gasteiger partial charge in [-0.1, -0.05) is 12.1 Å². The maximum absolute atomic E-state index is 14.0. The fourth-order valence-corrected chi connectivity index (χ4v) is 3.34. The summed E-state index contributed by atoms with van der Waals surface area (Å²) in [4.78, 5) is 0. The van der Waals surface area contributed by atoms with E-state index in [1.807, 2.05) is 0 Å². The third kappa shape index (κ3) is 2.57. The Bertz CT molecular complexity index is 509. The maximum Gasteiger partial charge on any atom is 0.162 e. The summed E-state index contributed by atoms with van der Waals surface area (Å²) in [5.41, 5.74) is -0.460. The standard InChI is InChI=1S/C15H19F2NO2/c1-9-2-3-10(14(17)13(9)16)4-15(19)5-11-7-20-8-12(6-15)18-11/h2-3,11-12,18-19H,4-8H2,1H3. The van der Waals surface area contributed by atoms with E-state index >= 15 is 0 Å². The van der Waals surface area contributed by atoms with E-state index in [4.69, 9.17) is 4.74 Å². The van der Waals surface area contributed by atoms with Crippen molar-refractivity contribution in [1.82, 2.24) is 5.32 Å². The molecule has 2 bridgehead atoms. The summed E-state index contributed by atoms with van der Waals surface area (Å²) in [5, 5.41) is 14.1. The van der Waals surface area contributed by atoms with Gasteiger partial charge in [-0.2, -0.15) is 0 Å². The van der Waals surface area contributed by atoms with Crippen molar-refractivity contribution >= 4 is 0 Å². The second-order valence-corrected chi connectivity index (χ2v) is 6.08. The van der Waals surface area contributed by atoms with Crippen LogP contribution in [0.3, 0.4) is 0 Å². The van der Waals surface area contributed by atoms with E-state index < -0.39 is 17.2 Å². The average Bonchev–Trinajstić information content (AvgIpc) is 2.39. The molecule has 0 spiro atoms. The molecule has 110 valence electrons. The largest absolute Gasteiger partial charge is 0.389 e. The van der Waals surface area contributed by atoms with Crippen LogP contribution >= 0.6 is 0 Å². The topological polar surface area (TPSA) is 41.5 Å². The summed E-state index contributed by atoms with van der Waals surface area (Å²) in [6.45, 7) is 2.65. The van der Waals surface area contributed by atoms with Gasteiger partial charge in [0.15, 0.2) is 11.6 Å². The maximum atomic E-state index is 14.0. The van der Waals surface area contributed by atoms with Crippen LogP contribution < -0.4 is 5.32 Å². The molecule has 2 atom stereocenters. The molecule has 5 heteroatoms. The summed E-state index contributed by atoms with van der Waals surface area (Å²) in [5.74, 6) is -1.65. The van der Waals surface area contributed by atoms with Gasteiger partial charge in [-0.25, -0.2) is 8.78 Å². The second-order valence-electron chi connectivity index (χ2n) is 6.08. The first kappa shape index (κ1) is 13.9. The molecule has 2 unspecified atom stereocenters. The van der Waals surface area contributed by atoms with Crippen molar-refractivity contribution in [1.29, 1.82) is 0 Å². The Hall–Kier alpha value is -1.04. The van der Waals surface area contributed by atoms with Crippen molar-refractivity contribution in [2.24, 2.45) is 0 Å². The third-order valence-corrected chi connectivity index (χ3v) is 4.24. The lowest BCUT2D eigenvalue weighted by molar-refractivity contribution is -0.0759. The van der Waals surface area contributed by atoms with E-state index in [0.717, 1.165) is 0 Å². The van der Waals surface area contributed by atoms with E-state index in [9.17, 15) is 13.9 Å². The second kappa shape index (κ2) is 5.06. The van der Waals surface area contributed by atoms with Crippen LogP contribution in [0.1, 0.15) is 24.0 Å². The van der Waals surface area contributed by atoms with E-state index in [1.165, 1.54) is 6.92 Å². The minimum Gasteiger partial charge on any atom is -0.389 e. The normalized spacial score (nSPS) is 33.2. The number of halogens is 2. The highest BCUT2D eigenvalue weighted by molar-refractivity contribution is 5.27. The number of piperidine rings is 1. The smallest absolute Gasteiger partial charge is 0.162 e. The SMILES string of the molecule is Cc1ccc(CC2(O)CC3COCC(C2)N3)c(F)c1F. The minimum absolute atomic E-state index is 0.0888. The molecule has 0 aliphatic carbocycles. The monoisotopic (exact) mass is 283 g/mol. The molecule has 0 amide bonds. The average molecular weight is 283 g/mol. The third-order valence-electron chi connectivity index (χ3n) is 4.24. The number of aryl methyl sites for hydroxylation is 1. The van der Waals surface area contributed by atoms with Crippen LogP contribution in [0.25, 0.3) is 0 Å². The van der Waals surface area contributed by atoms with Crippen molar-refractivity contribution in [3.8, 4) is 0 Å². The molecule has 2 aliphatic heterocycles. The zero-order valence-corrected chi connectivity index (χ0v) is 11.5. The quantitative estimate of drug-likeness (QED) is 0.868. The number of aliphatic hydroxyl groups is 1. The van der Waals surface area contributed by atoms with Gasteiger partial charge in [0.05, 0.1) is 18.8 Å². The van der Waals surface area contributed by atoms with Crippen molar-refractivity contribution in [2.45, 2.75) is 43.9 Å². The molecule has 3 nitrogen and oxygen atoms in total. The van der Waals surface area contributed by atoms with Crippen LogP contribution in [0.2, 0.25) is 0 Å². The van der Waals surface area contributed by atoms with Gasteiger partial charge in [-0.05, 0) is 30.9 Å². The molecule has 0 radical (unpaired) electrons. The molecule has 2 saturated heterocycles. The van der Waals surface area contributed by atoms with Crippen LogP contribution in [0.5, 0.6) is 0 Å². The van der Waals surface area contributed by atoms with E-state index in [0.29, 0.717) is 26.1 Å². The lowest BCUT2D eigenvalue weighted by Gasteiger charge is -2.45. The molecule has 3 rings (SSSR count). The zero-order chi connectivity index (χ0) is 14.3. The Kier molecular flexibility index (Phi) is 3.52. The number of rotatable bonds is 2. The van der Waals surface area contributed by atoms with Crippen molar-refractivity contribution in [3.63, 3.8) is 0 Å². The van der Waals surface area contributed by atoms with Gasteiger partial charge in [-0.3, -0.25) is 0 Å². The highest BCUT2D eigenvalue weighted by atomic mass is 19.2. The number of benzene rings is 1. The number of hydrogen-bond acceptors (Lipinski definition) is 3. The number of fused-ring (bicyclic) bond motifs is 2. The molecule has 2 fully saturated rings. The molecular formula is C15H19F2NO2. The van der Waals surface area contributed by atoms with Crippen molar-refractivity contribution in [2.75, 3.05) is 13.2 Å². The molecule has 1 aromatic rings. The molecule has 2 aliphatic rings. The predicted octanol–water partition coefficient (Wildman–Crippen LogP) is 1.70. The number of ether oxygens (including phenoxy) is 1. The Balaban J connectivity index is 1.81. The summed E-state index contributed by atoms with van der Waals surface area (Å²) < 4.78 is 33.0. The molecule has 1 aromatic carbocycles. The minimum atomic E-state index is -0.993. The summed E-state index contributed by atoms with van der Waals surface area (Å²) in [6, 6.07) is 3.30. The first-order valence-electron chi connectivity index (χ1n) is 6.96. The molecule has 2 N–H and O–H groups in total. The van der Waals surface area contributed by atoms with E-state index in [-0.39, 0.29) is 29.6 Å². The molecule has 2 heterocycles.